The minimum atomic E-state index is -0.757. The zero-order chi connectivity index (χ0) is 21.0. The number of benzene rings is 1. The van der Waals surface area contributed by atoms with Gasteiger partial charge in [0, 0.05) is 18.7 Å². The summed E-state index contributed by atoms with van der Waals surface area (Å²) in [5, 5.41) is 0. The van der Waals surface area contributed by atoms with Gasteiger partial charge < -0.3 is 20.3 Å². The summed E-state index contributed by atoms with van der Waals surface area (Å²) in [6.07, 6.45) is 0.850. The van der Waals surface area contributed by atoms with Gasteiger partial charge >= 0.3 is 0 Å². The summed E-state index contributed by atoms with van der Waals surface area (Å²) < 4.78 is 6.28. The Bertz CT molecular complexity index is 1010. The molecule has 0 bridgehead atoms. The van der Waals surface area contributed by atoms with Crippen molar-refractivity contribution < 1.29 is 14.3 Å². The van der Waals surface area contributed by atoms with Gasteiger partial charge in [0.2, 0.25) is 11.9 Å². The molecular formula is C22H25N5O3. The molecule has 1 aromatic carbocycles. The maximum atomic E-state index is 13.4. The predicted molar refractivity (Wildman–Crippen MR) is 109 cm³/mol. The second-order valence-electron chi connectivity index (χ2n) is 8.51. The van der Waals surface area contributed by atoms with E-state index in [0.29, 0.717) is 19.6 Å². The first kappa shape index (κ1) is 19.0. The van der Waals surface area contributed by atoms with E-state index in [2.05, 4.69) is 9.97 Å². The van der Waals surface area contributed by atoms with E-state index in [0.717, 1.165) is 11.3 Å². The quantitative estimate of drug-likeness (QED) is 0.836. The van der Waals surface area contributed by atoms with Gasteiger partial charge in [-0.1, -0.05) is 44.2 Å². The standard InChI is InChI=1S/C22H25N5O3/c1-13(2)15-10-16(25-21(23)24-15)20(29)26-9-8-22-18(26)11-19(28)27(22)17(12-30-22)14-6-4-3-5-7-14/h3-7,10,13,17-18H,8-9,11-12H2,1-2H3,(H2,23,24,25)/t17-,18+,22-/m0/s1. The highest BCUT2D eigenvalue weighted by Crippen LogP contribution is 2.51. The maximum absolute atomic E-state index is 13.4. The molecule has 2 amide bonds. The highest BCUT2D eigenvalue weighted by Gasteiger charge is 2.65. The van der Waals surface area contributed by atoms with Crippen molar-refractivity contribution in [1.29, 1.82) is 0 Å². The van der Waals surface area contributed by atoms with Crippen LogP contribution in [0.3, 0.4) is 0 Å². The molecule has 3 saturated heterocycles. The van der Waals surface area contributed by atoms with Gasteiger partial charge in [-0.15, -0.1) is 0 Å². The van der Waals surface area contributed by atoms with Crippen LogP contribution < -0.4 is 5.73 Å². The van der Waals surface area contributed by atoms with Crippen molar-refractivity contribution in [3.05, 3.63) is 53.3 Å². The summed E-state index contributed by atoms with van der Waals surface area (Å²) in [6, 6.07) is 11.2. The summed E-state index contributed by atoms with van der Waals surface area (Å²) >= 11 is 0. The lowest BCUT2D eigenvalue weighted by Crippen LogP contribution is -2.49. The van der Waals surface area contributed by atoms with E-state index in [-0.39, 0.29) is 47.9 Å². The second-order valence-corrected chi connectivity index (χ2v) is 8.51. The summed E-state index contributed by atoms with van der Waals surface area (Å²) in [5.41, 5.74) is 7.14. The monoisotopic (exact) mass is 407 g/mol. The normalized spacial score (nSPS) is 27.6. The van der Waals surface area contributed by atoms with Crippen LogP contribution in [0.4, 0.5) is 5.95 Å². The van der Waals surface area contributed by atoms with Crippen LogP contribution in [-0.2, 0) is 9.53 Å². The van der Waals surface area contributed by atoms with Crippen LogP contribution in [0.2, 0.25) is 0 Å². The zero-order valence-electron chi connectivity index (χ0n) is 17.1. The number of aromatic nitrogens is 2. The van der Waals surface area contributed by atoms with Crippen LogP contribution in [0.5, 0.6) is 0 Å². The lowest BCUT2D eigenvalue weighted by molar-refractivity contribution is -0.138. The molecule has 0 saturated carbocycles. The first-order valence-electron chi connectivity index (χ1n) is 10.4. The van der Waals surface area contributed by atoms with E-state index in [1.807, 2.05) is 49.1 Å². The van der Waals surface area contributed by atoms with Crippen molar-refractivity contribution in [2.24, 2.45) is 0 Å². The number of hydrogen-bond donors (Lipinski definition) is 1. The van der Waals surface area contributed by atoms with Gasteiger partial charge in [0.15, 0.2) is 5.72 Å². The Balaban J connectivity index is 1.45. The molecule has 8 nitrogen and oxygen atoms in total. The highest BCUT2D eigenvalue weighted by atomic mass is 16.5. The molecule has 1 aromatic heterocycles. The molecule has 156 valence electrons. The van der Waals surface area contributed by atoms with E-state index < -0.39 is 5.72 Å². The number of ether oxygens (including phenoxy) is 1. The molecule has 3 fully saturated rings. The lowest BCUT2D eigenvalue weighted by atomic mass is 10.0. The van der Waals surface area contributed by atoms with Crippen LogP contribution in [0.25, 0.3) is 0 Å². The van der Waals surface area contributed by atoms with Crippen LogP contribution >= 0.6 is 0 Å². The van der Waals surface area contributed by atoms with Crippen molar-refractivity contribution in [3.63, 3.8) is 0 Å². The number of carbonyl (C=O) groups is 2. The fourth-order valence-electron chi connectivity index (χ4n) is 5.05. The molecule has 0 radical (unpaired) electrons. The third-order valence-electron chi connectivity index (χ3n) is 6.47. The Morgan fingerprint density at radius 2 is 2.03 bits per heavy atom. The molecule has 5 rings (SSSR count). The fraction of sp³-hybridized carbons (Fsp3) is 0.455. The minimum Gasteiger partial charge on any atom is -0.368 e. The van der Waals surface area contributed by atoms with Crippen LogP contribution in [0.1, 0.15) is 60.4 Å². The van der Waals surface area contributed by atoms with Crippen molar-refractivity contribution in [2.45, 2.75) is 50.4 Å². The van der Waals surface area contributed by atoms with Crippen LogP contribution in [0.15, 0.2) is 36.4 Å². The second kappa shape index (κ2) is 6.77. The molecule has 1 spiro atoms. The number of nitrogens with two attached hydrogens (primary N) is 1. The average Bonchev–Trinajstić information content (AvgIpc) is 3.36. The molecule has 0 aliphatic carbocycles. The molecular weight excluding hydrogens is 382 g/mol. The van der Waals surface area contributed by atoms with Gasteiger partial charge in [-0.3, -0.25) is 9.59 Å². The number of hydrogen-bond acceptors (Lipinski definition) is 6. The highest BCUT2D eigenvalue weighted by molar-refractivity contribution is 5.94. The van der Waals surface area contributed by atoms with Gasteiger partial charge in [-0.25, -0.2) is 9.97 Å². The summed E-state index contributed by atoms with van der Waals surface area (Å²) in [4.78, 5) is 38.4. The first-order chi connectivity index (χ1) is 14.4. The van der Waals surface area contributed by atoms with Crippen LogP contribution in [0, 0.1) is 0 Å². The average molecular weight is 407 g/mol. The number of likely N-dealkylation sites (tertiary alicyclic amines) is 1. The van der Waals surface area contributed by atoms with Gasteiger partial charge in [0.05, 0.1) is 25.1 Å². The summed E-state index contributed by atoms with van der Waals surface area (Å²) in [7, 11) is 0. The summed E-state index contributed by atoms with van der Waals surface area (Å²) in [5.74, 6) is 0.00664. The van der Waals surface area contributed by atoms with Crippen molar-refractivity contribution >= 4 is 17.8 Å². The van der Waals surface area contributed by atoms with Gasteiger partial charge in [-0.05, 0) is 17.5 Å². The van der Waals surface area contributed by atoms with Crippen LogP contribution in [-0.4, -0.2) is 56.5 Å². The molecule has 8 heteroatoms. The Kier molecular flexibility index (Phi) is 4.28. The molecule has 30 heavy (non-hydrogen) atoms. The minimum absolute atomic E-state index is 0.0222. The molecule has 3 atom stereocenters. The van der Waals surface area contributed by atoms with Crippen molar-refractivity contribution in [3.8, 4) is 0 Å². The molecule has 4 heterocycles. The third-order valence-corrected chi connectivity index (χ3v) is 6.47. The SMILES string of the molecule is CC(C)c1cc(C(=O)N2CC[C@@]34OC[C@@H](c5ccccc5)N3C(=O)C[C@@H]24)nc(N)n1. The third kappa shape index (κ3) is 2.70. The van der Waals surface area contributed by atoms with E-state index in [1.165, 1.54) is 0 Å². The van der Waals surface area contributed by atoms with Gasteiger partial charge in [-0.2, -0.15) is 0 Å². The number of nitrogens with zero attached hydrogens (tertiary/aromatic N) is 4. The van der Waals surface area contributed by atoms with E-state index in [9.17, 15) is 9.59 Å². The zero-order valence-corrected chi connectivity index (χ0v) is 17.1. The Morgan fingerprint density at radius 3 is 2.77 bits per heavy atom. The largest absolute Gasteiger partial charge is 0.368 e. The Labute approximate surface area is 175 Å². The number of anilines is 1. The smallest absolute Gasteiger partial charge is 0.273 e. The summed E-state index contributed by atoms with van der Waals surface area (Å²) in [6.45, 7) is 4.93. The van der Waals surface area contributed by atoms with Crippen molar-refractivity contribution in [1.82, 2.24) is 19.8 Å². The van der Waals surface area contributed by atoms with Crippen molar-refractivity contribution in [2.75, 3.05) is 18.9 Å². The number of rotatable bonds is 3. The van der Waals surface area contributed by atoms with Gasteiger partial charge in [0.1, 0.15) is 5.69 Å². The maximum Gasteiger partial charge on any atom is 0.273 e. The number of nitrogen functional groups attached to an aromatic ring is 1. The predicted octanol–water partition coefficient (Wildman–Crippen LogP) is 2.10. The Hall–Kier alpha value is -3.00. The van der Waals surface area contributed by atoms with Gasteiger partial charge in [0.25, 0.3) is 5.91 Å². The molecule has 2 aromatic rings. The first-order valence-corrected chi connectivity index (χ1v) is 10.4. The molecule has 2 N–H and O–H groups in total. The van der Waals surface area contributed by atoms with E-state index >= 15 is 0 Å². The van der Waals surface area contributed by atoms with E-state index in [1.54, 1.807) is 11.0 Å². The molecule has 3 aliphatic heterocycles. The number of carbonyl (C=O) groups excluding carboxylic acids is 2. The topological polar surface area (TPSA) is 102 Å². The number of amides is 2. The molecule has 3 aliphatic rings. The fourth-order valence-corrected chi connectivity index (χ4v) is 5.05. The lowest BCUT2D eigenvalue weighted by Gasteiger charge is -2.33. The Morgan fingerprint density at radius 1 is 1.27 bits per heavy atom. The van der Waals surface area contributed by atoms with E-state index in [4.69, 9.17) is 10.5 Å². The molecule has 0 unspecified atom stereocenters.